The van der Waals surface area contributed by atoms with Crippen molar-refractivity contribution in [3.8, 4) is 0 Å². The van der Waals surface area contributed by atoms with Crippen LogP contribution in [-0.2, 0) is 15.0 Å². The van der Waals surface area contributed by atoms with Crippen molar-refractivity contribution in [3.05, 3.63) is 35.9 Å². The van der Waals surface area contributed by atoms with Crippen LogP contribution in [0.25, 0.3) is 0 Å². The first kappa shape index (κ1) is 22.9. The second kappa shape index (κ2) is 12.3. The molecule has 0 saturated carbocycles. The molecule has 0 atom stereocenters. The quantitative estimate of drug-likeness (QED) is 0.344. The first-order valence-electron chi connectivity index (χ1n) is 8.58. The second-order valence-electron chi connectivity index (χ2n) is 6.11. The van der Waals surface area contributed by atoms with E-state index in [2.05, 4.69) is 6.92 Å². The molecular formula is C19H30MgO4. The van der Waals surface area contributed by atoms with E-state index in [1.807, 2.05) is 0 Å². The molecule has 0 spiro atoms. The molecule has 0 aliphatic rings. The molecule has 5 heteroatoms. The number of hydrogen-bond donors (Lipinski definition) is 2. The van der Waals surface area contributed by atoms with Gasteiger partial charge in [0, 0.05) is 0 Å². The van der Waals surface area contributed by atoms with Crippen molar-refractivity contribution in [2.75, 3.05) is 0 Å². The smallest absolute Gasteiger partial charge is 0.325 e. The van der Waals surface area contributed by atoms with E-state index in [0.29, 0.717) is 12.0 Å². The molecule has 1 aromatic carbocycles. The van der Waals surface area contributed by atoms with Gasteiger partial charge in [-0.05, 0) is 12.0 Å². The van der Waals surface area contributed by atoms with Crippen LogP contribution >= 0.6 is 0 Å². The van der Waals surface area contributed by atoms with E-state index >= 15 is 0 Å². The van der Waals surface area contributed by atoms with Crippen LogP contribution in [0.1, 0.15) is 70.3 Å². The molecule has 0 fully saturated rings. The summed E-state index contributed by atoms with van der Waals surface area (Å²) in [7, 11) is 0. The van der Waals surface area contributed by atoms with Gasteiger partial charge in [-0.15, -0.1) is 0 Å². The lowest BCUT2D eigenvalue weighted by atomic mass is 9.76. The number of aliphatic carboxylic acids is 2. The summed E-state index contributed by atoms with van der Waals surface area (Å²) >= 11 is 0. The van der Waals surface area contributed by atoms with Crippen LogP contribution in [0.2, 0.25) is 0 Å². The summed E-state index contributed by atoms with van der Waals surface area (Å²) in [5.74, 6) is -2.56. The molecule has 24 heavy (non-hydrogen) atoms. The van der Waals surface area contributed by atoms with Crippen LogP contribution in [0.3, 0.4) is 0 Å². The molecule has 0 heterocycles. The summed E-state index contributed by atoms with van der Waals surface area (Å²) in [4.78, 5) is 23.4. The number of hydrogen-bond acceptors (Lipinski definition) is 2. The highest BCUT2D eigenvalue weighted by Crippen LogP contribution is 2.31. The van der Waals surface area contributed by atoms with Gasteiger partial charge in [0.1, 0.15) is 0 Å². The minimum Gasteiger partial charge on any atom is -0.480 e. The predicted molar refractivity (Wildman–Crippen MR) is 99.2 cm³/mol. The Hall–Kier alpha value is -1.07. The van der Waals surface area contributed by atoms with Crippen molar-refractivity contribution in [2.24, 2.45) is 0 Å². The number of carbonyl (C=O) groups is 2. The van der Waals surface area contributed by atoms with Crippen LogP contribution in [0.4, 0.5) is 0 Å². The fraction of sp³-hybridized carbons (Fsp3) is 0.579. The zero-order valence-corrected chi connectivity index (χ0v) is 14.0. The average Bonchev–Trinajstić information content (AvgIpc) is 2.54. The van der Waals surface area contributed by atoms with E-state index in [9.17, 15) is 19.8 Å². The molecule has 0 unspecified atom stereocenters. The number of unbranched alkanes of at least 4 members (excludes halogenated alkanes) is 7. The minimum atomic E-state index is -1.83. The Morgan fingerprint density at radius 1 is 0.833 bits per heavy atom. The van der Waals surface area contributed by atoms with Crippen molar-refractivity contribution in [1.82, 2.24) is 0 Å². The highest BCUT2D eigenvalue weighted by molar-refractivity contribution is 6.04. The fourth-order valence-electron chi connectivity index (χ4n) is 2.94. The van der Waals surface area contributed by atoms with Gasteiger partial charge in [0.2, 0.25) is 0 Å². The first-order valence-corrected chi connectivity index (χ1v) is 8.58. The Labute approximate surface area is 160 Å². The second-order valence-corrected chi connectivity index (χ2v) is 6.11. The monoisotopic (exact) mass is 346 g/mol. The molecule has 0 aliphatic carbocycles. The molecule has 4 nitrogen and oxygen atoms in total. The molecule has 1 aromatic rings. The number of benzene rings is 1. The Morgan fingerprint density at radius 2 is 1.29 bits per heavy atom. The number of rotatable bonds is 12. The van der Waals surface area contributed by atoms with E-state index < -0.39 is 17.4 Å². The molecule has 0 amide bonds. The lowest BCUT2D eigenvalue weighted by molar-refractivity contribution is -0.158. The lowest BCUT2D eigenvalue weighted by Crippen LogP contribution is -2.43. The van der Waals surface area contributed by atoms with Gasteiger partial charge in [0.05, 0.1) is 0 Å². The van der Waals surface area contributed by atoms with Crippen LogP contribution in [-0.4, -0.2) is 45.2 Å². The maximum Gasteiger partial charge on any atom is 0.325 e. The summed E-state index contributed by atoms with van der Waals surface area (Å²) in [6.07, 6.45) is 8.72. The predicted octanol–water partition coefficient (Wildman–Crippen LogP) is 3.71. The van der Waals surface area contributed by atoms with Crippen LogP contribution < -0.4 is 0 Å². The van der Waals surface area contributed by atoms with Crippen molar-refractivity contribution in [3.63, 3.8) is 0 Å². The first-order chi connectivity index (χ1) is 11.1. The highest BCUT2D eigenvalue weighted by atomic mass is 24.3. The lowest BCUT2D eigenvalue weighted by Gasteiger charge is -2.25. The Balaban J connectivity index is 0.00000529. The Kier molecular flexibility index (Phi) is 11.8. The topological polar surface area (TPSA) is 74.6 Å². The molecule has 0 aromatic heterocycles. The minimum absolute atomic E-state index is 0. The van der Waals surface area contributed by atoms with Crippen LogP contribution in [0, 0.1) is 0 Å². The summed E-state index contributed by atoms with van der Waals surface area (Å²) in [5, 5.41) is 19.1. The third-order valence-corrected chi connectivity index (χ3v) is 4.40. The number of carboxylic acid groups (broad SMARTS) is 2. The van der Waals surface area contributed by atoms with E-state index in [1.54, 1.807) is 30.3 Å². The molecule has 132 valence electrons. The largest absolute Gasteiger partial charge is 0.480 e. The van der Waals surface area contributed by atoms with Crippen molar-refractivity contribution in [2.45, 2.75) is 70.1 Å². The van der Waals surface area contributed by atoms with E-state index in [4.69, 9.17) is 0 Å². The van der Waals surface area contributed by atoms with Gasteiger partial charge in [0.15, 0.2) is 5.41 Å². The molecule has 0 saturated heterocycles. The van der Waals surface area contributed by atoms with Gasteiger partial charge in [-0.25, -0.2) is 0 Å². The summed E-state index contributed by atoms with van der Waals surface area (Å²) in [6.45, 7) is 2.18. The Morgan fingerprint density at radius 3 is 1.75 bits per heavy atom. The van der Waals surface area contributed by atoms with Gasteiger partial charge in [-0.3, -0.25) is 9.59 Å². The zero-order valence-electron chi connectivity index (χ0n) is 14.0. The molecular weight excluding hydrogens is 317 g/mol. The van der Waals surface area contributed by atoms with Crippen molar-refractivity contribution >= 4 is 35.0 Å². The maximum absolute atomic E-state index is 11.7. The standard InChI is InChI=1S/C19H28O4.Mg.2H/c1-2-3-4-5-6-7-8-12-15-19(17(20)21,18(22)23)16-13-10-9-11-14-16;;;/h9-11,13-14H,2-8,12,15H2,1H3,(H,20,21)(H,22,23);;;. The summed E-state index contributed by atoms with van der Waals surface area (Å²) < 4.78 is 0. The highest BCUT2D eigenvalue weighted by Gasteiger charge is 2.47. The zero-order chi connectivity index (χ0) is 17.1. The van der Waals surface area contributed by atoms with Gasteiger partial charge < -0.3 is 10.2 Å². The molecule has 1 rings (SSSR count). The molecule has 0 bridgehead atoms. The van der Waals surface area contributed by atoms with Gasteiger partial charge in [0.25, 0.3) is 0 Å². The SMILES string of the molecule is CCCCCCCCCCC(C(=O)O)(C(=O)O)c1ccccc1.[MgH2]. The van der Waals surface area contributed by atoms with Crippen LogP contribution in [0.5, 0.6) is 0 Å². The molecule has 0 aliphatic heterocycles. The van der Waals surface area contributed by atoms with E-state index in [-0.39, 0.29) is 29.5 Å². The summed E-state index contributed by atoms with van der Waals surface area (Å²) in [6, 6.07) is 8.31. The Bertz CT molecular complexity index is 473. The fourth-order valence-corrected chi connectivity index (χ4v) is 2.94. The van der Waals surface area contributed by atoms with E-state index in [1.165, 1.54) is 25.7 Å². The van der Waals surface area contributed by atoms with Crippen molar-refractivity contribution in [1.29, 1.82) is 0 Å². The third-order valence-electron chi connectivity index (χ3n) is 4.40. The van der Waals surface area contributed by atoms with Crippen LogP contribution in [0.15, 0.2) is 30.3 Å². The average molecular weight is 347 g/mol. The third kappa shape index (κ3) is 6.44. The summed E-state index contributed by atoms with van der Waals surface area (Å²) in [5.41, 5.74) is -1.48. The maximum atomic E-state index is 11.7. The molecule has 0 radical (unpaired) electrons. The normalized spacial score (nSPS) is 10.9. The number of carboxylic acids is 2. The molecule has 2 N–H and O–H groups in total. The van der Waals surface area contributed by atoms with Gasteiger partial charge in [-0.2, -0.15) is 0 Å². The van der Waals surface area contributed by atoms with Crippen molar-refractivity contribution < 1.29 is 19.8 Å². The van der Waals surface area contributed by atoms with E-state index in [0.717, 1.165) is 19.3 Å². The van der Waals surface area contributed by atoms with Gasteiger partial charge >= 0.3 is 35.0 Å². The van der Waals surface area contributed by atoms with Gasteiger partial charge in [-0.1, -0.05) is 88.6 Å².